The number of anilines is 1. The number of rotatable bonds is 4. The molecule has 0 unspecified atom stereocenters. The normalized spacial score (nSPS) is 18.0. The molecule has 3 aromatic rings. The molecule has 0 spiro atoms. The molecule has 2 aromatic carbocycles. The summed E-state index contributed by atoms with van der Waals surface area (Å²) in [4.78, 5) is 12.8. The van der Waals surface area contributed by atoms with Crippen molar-refractivity contribution >= 4 is 43.2 Å². The maximum absolute atomic E-state index is 13.2. The molecule has 0 aliphatic carbocycles. The number of carbonyl (C=O) groups excluding carboxylic acids is 1. The Bertz CT molecular complexity index is 1110. The molecule has 1 aromatic heterocycles. The summed E-state index contributed by atoms with van der Waals surface area (Å²) in [5, 5.41) is 13.4. The maximum atomic E-state index is 13.2. The molecule has 0 saturated carbocycles. The van der Waals surface area contributed by atoms with E-state index in [1.54, 1.807) is 25.1 Å². The zero-order valence-corrected chi connectivity index (χ0v) is 16.3. The van der Waals surface area contributed by atoms with Crippen LogP contribution in [0.25, 0.3) is 10.8 Å². The summed E-state index contributed by atoms with van der Waals surface area (Å²) >= 11 is 1.26. The molecule has 4 rings (SSSR count). The first-order chi connectivity index (χ1) is 12.9. The van der Waals surface area contributed by atoms with E-state index in [2.05, 4.69) is 15.5 Å². The molecular weight excluding hydrogens is 384 g/mol. The largest absolute Gasteiger partial charge is 0.299 e. The predicted octanol–water partition coefficient (Wildman–Crippen LogP) is 2.79. The Labute approximate surface area is 161 Å². The van der Waals surface area contributed by atoms with Gasteiger partial charge >= 0.3 is 0 Å². The maximum Gasteiger partial charge on any atom is 0.244 e. The summed E-state index contributed by atoms with van der Waals surface area (Å²) in [6.45, 7) is 2.11. The summed E-state index contributed by atoms with van der Waals surface area (Å²) in [7, 11) is -3.77. The smallest absolute Gasteiger partial charge is 0.244 e. The number of carbonyl (C=O) groups is 1. The predicted molar refractivity (Wildman–Crippen MR) is 104 cm³/mol. The Balaban J connectivity index is 1.62. The molecule has 140 valence electrons. The zero-order chi connectivity index (χ0) is 19.0. The highest BCUT2D eigenvalue weighted by atomic mass is 32.2. The molecule has 1 N–H and O–H groups in total. The molecule has 0 bridgehead atoms. The van der Waals surface area contributed by atoms with Crippen LogP contribution < -0.4 is 5.32 Å². The van der Waals surface area contributed by atoms with Gasteiger partial charge in [0.1, 0.15) is 11.0 Å². The highest BCUT2D eigenvalue weighted by molar-refractivity contribution is 7.89. The van der Waals surface area contributed by atoms with Gasteiger partial charge in [0.25, 0.3) is 0 Å². The number of aromatic nitrogens is 2. The molecule has 1 amide bonds. The minimum Gasteiger partial charge on any atom is -0.299 e. The Morgan fingerprint density at radius 1 is 1.19 bits per heavy atom. The van der Waals surface area contributed by atoms with Crippen molar-refractivity contribution in [3.63, 3.8) is 0 Å². The highest BCUT2D eigenvalue weighted by Gasteiger charge is 2.39. The minimum absolute atomic E-state index is 0.202. The van der Waals surface area contributed by atoms with E-state index in [9.17, 15) is 13.2 Å². The molecular formula is C18H18N4O3S2. The van der Waals surface area contributed by atoms with E-state index in [0.717, 1.165) is 15.8 Å². The first kappa shape index (κ1) is 18.0. The fraction of sp³-hybridized carbons (Fsp3) is 0.278. The van der Waals surface area contributed by atoms with E-state index in [1.165, 1.54) is 15.6 Å². The average molecular weight is 403 g/mol. The molecule has 27 heavy (non-hydrogen) atoms. The Morgan fingerprint density at radius 3 is 2.70 bits per heavy atom. The zero-order valence-electron chi connectivity index (χ0n) is 14.6. The van der Waals surface area contributed by atoms with Gasteiger partial charge in [-0.3, -0.25) is 10.1 Å². The van der Waals surface area contributed by atoms with Gasteiger partial charge in [0.05, 0.1) is 4.90 Å². The summed E-state index contributed by atoms with van der Waals surface area (Å²) in [6.07, 6.45) is 1.12. The summed E-state index contributed by atoms with van der Waals surface area (Å²) in [5.41, 5.74) is 0. The monoisotopic (exact) mass is 402 g/mol. The quantitative estimate of drug-likeness (QED) is 0.724. The van der Waals surface area contributed by atoms with Crippen molar-refractivity contribution in [2.75, 3.05) is 11.9 Å². The number of nitrogens with zero attached hydrogens (tertiary/aromatic N) is 3. The summed E-state index contributed by atoms with van der Waals surface area (Å²) < 4.78 is 27.6. The SMILES string of the molecule is Cc1nnc(NC(=O)[C@H]2CCCN2S(=O)(=O)c2ccc3ccccc3c2)s1. The van der Waals surface area contributed by atoms with Crippen LogP contribution in [-0.2, 0) is 14.8 Å². The van der Waals surface area contributed by atoms with Crippen LogP contribution in [0.1, 0.15) is 17.8 Å². The van der Waals surface area contributed by atoms with Crippen LogP contribution in [0.5, 0.6) is 0 Å². The standard InChI is InChI=1S/C18H18N4O3S2/c1-12-20-21-18(26-12)19-17(23)16-7-4-10-22(16)27(24,25)15-9-8-13-5-2-3-6-14(13)11-15/h2-3,5-6,8-9,11,16H,4,7,10H2,1H3,(H,19,21,23)/t16-/m1/s1. The van der Waals surface area contributed by atoms with Gasteiger partial charge in [-0.15, -0.1) is 10.2 Å². The van der Waals surface area contributed by atoms with Crippen LogP contribution in [0.2, 0.25) is 0 Å². The van der Waals surface area contributed by atoms with Gasteiger partial charge in [0, 0.05) is 6.54 Å². The van der Waals surface area contributed by atoms with E-state index >= 15 is 0 Å². The molecule has 7 nitrogen and oxygen atoms in total. The number of hydrogen-bond donors (Lipinski definition) is 1. The van der Waals surface area contributed by atoms with Crippen LogP contribution in [0.3, 0.4) is 0 Å². The first-order valence-electron chi connectivity index (χ1n) is 8.57. The number of hydrogen-bond acceptors (Lipinski definition) is 6. The first-order valence-corrected chi connectivity index (χ1v) is 10.8. The van der Waals surface area contributed by atoms with E-state index in [0.29, 0.717) is 24.5 Å². The lowest BCUT2D eigenvalue weighted by atomic mass is 10.1. The molecule has 1 atom stereocenters. The van der Waals surface area contributed by atoms with Crippen molar-refractivity contribution in [3.05, 3.63) is 47.5 Å². The van der Waals surface area contributed by atoms with Gasteiger partial charge in [0.2, 0.25) is 21.1 Å². The lowest BCUT2D eigenvalue weighted by Crippen LogP contribution is -2.43. The molecule has 9 heteroatoms. The fourth-order valence-corrected chi connectivity index (χ4v) is 5.58. The lowest BCUT2D eigenvalue weighted by molar-refractivity contribution is -0.119. The summed E-state index contributed by atoms with van der Waals surface area (Å²) in [6, 6.07) is 11.9. The molecule has 1 saturated heterocycles. The Kier molecular flexibility index (Phi) is 4.67. The van der Waals surface area contributed by atoms with E-state index in [-0.39, 0.29) is 10.8 Å². The highest BCUT2D eigenvalue weighted by Crippen LogP contribution is 2.29. The third-order valence-corrected chi connectivity index (χ3v) is 7.25. The fourth-order valence-electron chi connectivity index (χ4n) is 3.29. The van der Waals surface area contributed by atoms with Crippen LogP contribution in [0, 0.1) is 6.92 Å². The number of amides is 1. The van der Waals surface area contributed by atoms with E-state index in [1.807, 2.05) is 24.3 Å². The van der Waals surface area contributed by atoms with Crippen LogP contribution in [0.4, 0.5) is 5.13 Å². The van der Waals surface area contributed by atoms with Crippen LogP contribution >= 0.6 is 11.3 Å². The lowest BCUT2D eigenvalue weighted by Gasteiger charge is -2.23. The van der Waals surface area contributed by atoms with Gasteiger partial charge in [-0.05, 0) is 42.7 Å². The molecule has 2 heterocycles. The number of fused-ring (bicyclic) bond motifs is 1. The molecule has 1 aliphatic rings. The van der Waals surface area contributed by atoms with Crippen molar-refractivity contribution in [2.45, 2.75) is 30.7 Å². The summed E-state index contributed by atoms with van der Waals surface area (Å²) in [5.74, 6) is -0.368. The van der Waals surface area contributed by atoms with Gasteiger partial charge < -0.3 is 0 Å². The molecule has 1 aliphatic heterocycles. The number of nitrogens with one attached hydrogen (secondary N) is 1. The van der Waals surface area contributed by atoms with Gasteiger partial charge in [0.15, 0.2) is 0 Å². The van der Waals surface area contributed by atoms with E-state index in [4.69, 9.17) is 0 Å². The topological polar surface area (TPSA) is 92.3 Å². The second-order valence-corrected chi connectivity index (χ2v) is 9.47. The average Bonchev–Trinajstić information content (AvgIpc) is 3.31. The second kappa shape index (κ2) is 6.99. The number of benzene rings is 2. The van der Waals surface area contributed by atoms with E-state index < -0.39 is 16.1 Å². The van der Waals surface area contributed by atoms with Crippen molar-refractivity contribution < 1.29 is 13.2 Å². The van der Waals surface area contributed by atoms with Crippen LogP contribution in [-0.4, -0.2) is 41.4 Å². The van der Waals surface area contributed by atoms with Crippen molar-refractivity contribution in [1.82, 2.24) is 14.5 Å². The minimum atomic E-state index is -3.77. The van der Waals surface area contributed by atoms with Crippen molar-refractivity contribution in [2.24, 2.45) is 0 Å². The van der Waals surface area contributed by atoms with Gasteiger partial charge in [-0.2, -0.15) is 4.31 Å². The van der Waals surface area contributed by atoms with Crippen molar-refractivity contribution in [3.8, 4) is 0 Å². The molecule has 1 fully saturated rings. The second-order valence-electron chi connectivity index (χ2n) is 6.40. The van der Waals surface area contributed by atoms with Crippen molar-refractivity contribution in [1.29, 1.82) is 0 Å². The Hall–Kier alpha value is -2.36. The number of sulfonamides is 1. The Morgan fingerprint density at radius 2 is 1.96 bits per heavy atom. The van der Waals surface area contributed by atoms with Crippen LogP contribution in [0.15, 0.2) is 47.4 Å². The number of aryl methyl sites for hydroxylation is 1. The van der Waals surface area contributed by atoms with Gasteiger partial charge in [-0.1, -0.05) is 41.7 Å². The molecule has 0 radical (unpaired) electrons. The third kappa shape index (κ3) is 3.45. The van der Waals surface area contributed by atoms with Gasteiger partial charge in [-0.25, -0.2) is 8.42 Å². The third-order valence-electron chi connectivity index (χ3n) is 4.59.